The lowest BCUT2D eigenvalue weighted by Crippen LogP contribution is -2.32. The summed E-state index contributed by atoms with van der Waals surface area (Å²) in [5, 5.41) is 3.67. The highest BCUT2D eigenvalue weighted by Gasteiger charge is 2.23. The molecule has 0 unspecified atom stereocenters. The number of fused-ring (bicyclic) bond motifs is 1. The van der Waals surface area contributed by atoms with E-state index in [1.807, 2.05) is 12.1 Å². The fourth-order valence-corrected chi connectivity index (χ4v) is 5.25. The van der Waals surface area contributed by atoms with Gasteiger partial charge in [0.15, 0.2) is 0 Å². The highest BCUT2D eigenvalue weighted by Crippen LogP contribution is 2.33. The van der Waals surface area contributed by atoms with Crippen LogP contribution >= 0.6 is 0 Å². The summed E-state index contributed by atoms with van der Waals surface area (Å²) in [5.74, 6) is -1.73. The molecule has 0 aliphatic heterocycles. The molecular weight excluding hydrogens is 487 g/mol. The molecule has 0 fully saturated rings. The Balaban J connectivity index is 1.50. The third-order valence-electron chi connectivity index (χ3n) is 6.77. The monoisotopic (exact) mass is 515 g/mol. The predicted molar refractivity (Wildman–Crippen MR) is 143 cm³/mol. The van der Waals surface area contributed by atoms with Crippen LogP contribution in [0.5, 0.6) is 0 Å². The first-order valence-corrected chi connectivity index (χ1v) is 12.6. The van der Waals surface area contributed by atoms with Gasteiger partial charge in [0.2, 0.25) is 5.91 Å². The number of nitrogens with zero attached hydrogens (tertiary/aromatic N) is 1. The number of H-pyrrole nitrogens is 1. The van der Waals surface area contributed by atoms with Crippen molar-refractivity contribution in [1.29, 1.82) is 0 Å². The topological polar surface area (TPSA) is 57.8 Å². The Kier molecular flexibility index (Phi) is 7.18. The third-order valence-corrected chi connectivity index (χ3v) is 6.77. The van der Waals surface area contributed by atoms with Gasteiger partial charge in [0, 0.05) is 34.9 Å². The second kappa shape index (κ2) is 10.7. The van der Waals surface area contributed by atoms with Crippen molar-refractivity contribution in [3.63, 3.8) is 0 Å². The van der Waals surface area contributed by atoms with Crippen LogP contribution in [-0.2, 0) is 17.6 Å². The summed E-state index contributed by atoms with van der Waals surface area (Å²) in [6.45, 7) is 4.23. The van der Waals surface area contributed by atoms with Crippen LogP contribution < -0.4 is 5.32 Å². The number of amides is 1. The Morgan fingerprint density at radius 1 is 1.11 bits per heavy atom. The van der Waals surface area contributed by atoms with Gasteiger partial charge in [-0.05, 0) is 78.8 Å². The molecule has 2 atom stereocenters. The summed E-state index contributed by atoms with van der Waals surface area (Å²) in [6, 6.07) is 10.9. The van der Waals surface area contributed by atoms with E-state index in [0.717, 1.165) is 29.1 Å². The second-order valence-electron chi connectivity index (χ2n) is 10.0. The van der Waals surface area contributed by atoms with Crippen molar-refractivity contribution in [2.24, 2.45) is 5.92 Å². The van der Waals surface area contributed by atoms with Gasteiger partial charge in [-0.3, -0.25) is 9.78 Å². The first kappa shape index (κ1) is 25.5. The molecule has 2 N–H and O–H groups in total. The molecule has 1 amide bonds. The van der Waals surface area contributed by atoms with E-state index in [2.05, 4.69) is 41.3 Å². The Morgan fingerprint density at radius 3 is 2.66 bits per heavy atom. The molecule has 2 aromatic heterocycles. The van der Waals surface area contributed by atoms with Crippen LogP contribution in [0.4, 0.5) is 13.2 Å². The van der Waals surface area contributed by atoms with Gasteiger partial charge < -0.3 is 10.3 Å². The van der Waals surface area contributed by atoms with E-state index >= 15 is 0 Å². The third kappa shape index (κ3) is 5.72. The summed E-state index contributed by atoms with van der Waals surface area (Å²) in [5.41, 5.74) is 5.49. The molecule has 5 rings (SSSR count). The molecule has 0 radical (unpaired) electrons. The van der Waals surface area contributed by atoms with Crippen LogP contribution in [0.25, 0.3) is 16.5 Å². The van der Waals surface area contributed by atoms with E-state index < -0.39 is 17.7 Å². The molecule has 194 valence electrons. The Bertz CT molecular complexity index is 1550. The van der Waals surface area contributed by atoms with Gasteiger partial charge in [0.05, 0.1) is 18.2 Å². The van der Waals surface area contributed by atoms with E-state index in [1.54, 1.807) is 18.5 Å². The zero-order valence-electron chi connectivity index (χ0n) is 21.2. The molecule has 2 aromatic carbocycles. The maximum Gasteiger partial charge on any atom is 0.225 e. The molecular formula is C31H28F3N3O. The normalized spacial score (nSPS) is 16.2. The SMILES string of the molecule is CC1=CC(c2cccnc2[C@H](Cc2cc(F)cc(F)c2)NC(=O)Cc2c[nH]c3ccc(F)cc23)=C[C@H](C)C1. The number of nitrogens with one attached hydrogen (secondary N) is 2. The number of benzene rings is 2. The van der Waals surface area contributed by atoms with Gasteiger partial charge in [-0.25, -0.2) is 13.2 Å². The molecule has 0 bridgehead atoms. The lowest BCUT2D eigenvalue weighted by molar-refractivity contribution is -0.121. The van der Waals surface area contributed by atoms with Gasteiger partial charge in [0.25, 0.3) is 0 Å². The van der Waals surface area contributed by atoms with Crippen molar-refractivity contribution in [3.8, 4) is 0 Å². The number of hydrogen-bond acceptors (Lipinski definition) is 2. The van der Waals surface area contributed by atoms with Crippen molar-refractivity contribution < 1.29 is 18.0 Å². The molecule has 1 aliphatic rings. The minimum atomic E-state index is -0.686. The number of rotatable bonds is 7. The number of aromatic nitrogens is 2. The van der Waals surface area contributed by atoms with Gasteiger partial charge >= 0.3 is 0 Å². The lowest BCUT2D eigenvalue weighted by atomic mass is 9.87. The largest absolute Gasteiger partial charge is 0.361 e. The zero-order valence-corrected chi connectivity index (χ0v) is 21.2. The summed E-state index contributed by atoms with van der Waals surface area (Å²) in [6.07, 6.45) is 8.73. The summed E-state index contributed by atoms with van der Waals surface area (Å²) in [7, 11) is 0. The van der Waals surface area contributed by atoms with E-state index in [4.69, 9.17) is 0 Å². The Labute approximate surface area is 219 Å². The van der Waals surface area contributed by atoms with Crippen molar-refractivity contribution in [1.82, 2.24) is 15.3 Å². The van der Waals surface area contributed by atoms with Crippen LogP contribution in [0.3, 0.4) is 0 Å². The average molecular weight is 516 g/mol. The number of pyridine rings is 1. The van der Waals surface area contributed by atoms with Crippen LogP contribution in [0, 0.1) is 23.4 Å². The second-order valence-corrected chi connectivity index (χ2v) is 10.0. The first-order chi connectivity index (χ1) is 18.2. The van der Waals surface area contributed by atoms with Crippen LogP contribution in [0.1, 0.15) is 48.7 Å². The van der Waals surface area contributed by atoms with Gasteiger partial charge in [0.1, 0.15) is 17.5 Å². The average Bonchev–Trinajstić information content (AvgIpc) is 3.24. The number of aromatic amines is 1. The lowest BCUT2D eigenvalue weighted by Gasteiger charge is -2.24. The standard InChI is InChI=1S/C31H28F3N3O/c1-18-8-19(2)10-21(9-18)26-4-3-7-35-31(26)29(13-20-11-24(33)15-25(34)12-20)37-30(38)14-22-17-36-28-6-5-23(32)16-27(22)28/h3-7,9-12,15-18,29,36H,8,13-14H2,1-2H3,(H,37,38)/t18-,29+/m1/s1. The Morgan fingerprint density at radius 2 is 1.89 bits per heavy atom. The Hall–Kier alpha value is -4.13. The highest BCUT2D eigenvalue weighted by molar-refractivity contribution is 5.89. The fourth-order valence-electron chi connectivity index (χ4n) is 5.25. The first-order valence-electron chi connectivity index (χ1n) is 12.6. The number of carbonyl (C=O) groups excluding carboxylic acids is 1. The maximum absolute atomic E-state index is 14.0. The molecule has 2 heterocycles. The quantitative estimate of drug-likeness (QED) is 0.279. The molecule has 4 aromatic rings. The van der Waals surface area contributed by atoms with E-state index in [9.17, 15) is 18.0 Å². The summed E-state index contributed by atoms with van der Waals surface area (Å²) < 4.78 is 41.9. The molecule has 0 saturated carbocycles. The van der Waals surface area contributed by atoms with Gasteiger partial charge in [-0.2, -0.15) is 0 Å². The molecule has 7 heteroatoms. The van der Waals surface area contributed by atoms with E-state index in [-0.39, 0.29) is 24.6 Å². The number of carbonyl (C=O) groups is 1. The van der Waals surface area contributed by atoms with Gasteiger partial charge in [-0.15, -0.1) is 0 Å². The number of hydrogen-bond donors (Lipinski definition) is 2. The fraction of sp³-hybridized carbons (Fsp3) is 0.226. The van der Waals surface area contributed by atoms with Crippen molar-refractivity contribution in [3.05, 3.63) is 118 Å². The minimum Gasteiger partial charge on any atom is -0.361 e. The maximum atomic E-state index is 14.0. The summed E-state index contributed by atoms with van der Waals surface area (Å²) >= 11 is 0. The predicted octanol–water partition coefficient (Wildman–Crippen LogP) is 6.99. The molecule has 38 heavy (non-hydrogen) atoms. The van der Waals surface area contributed by atoms with Crippen molar-refractivity contribution in [2.75, 3.05) is 0 Å². The van der Waals surface area contributed by atoms with Crippen LogP contribution in [0.2, 0.25) is 0 Å². The van der Waals surface area contributed by atoms with E-state index in [1.165, 1.54) is 29.8 Å². The summed E-state index contributed by atoms with van der Waals surface area (Å²) in [4.78, 5) is 21.0. The zero-order chi connectivity index (χ0) is 26.8. The number of allylic oxidation sites excluding steroid dienone is 4. The molecule has 0 saturated heterocycles. The van der Waals surface area contributed by atoms with Crippen molar-refractivity contribution in [2.45, 2.75) is 39.2 Å². The molecule has 0 spiro atoms. The molecule has 1 aliphatic carbocycles. The van der Waals surface area contributed by atoms with E-state index in [0.29, 0.717) is 28.1 Å². The van der Waals surface area contributed by atoms with Crippen LogP contribution in [-0.4, -0.2) is 15.9 Å². The molecule has 4 nitrogen and oxygen atoms in total. The number of halogens is 3. The smallest absolute Gasteiger partial charge is 0.225 e. The highest BCUT2D eigenvalue weighted by atomic mass is 19.1. The van der Waals surface area contributed by atoms with Crippen LogP contribution in [0.15, 0.2) is 78.6 Å². The minimum absolute atomic E-state index is 0.00161. The van der Waals surface area contributed by atoms with Gasteiger partial charge in [-0.1, -0.05) is 30.7 Å². The van der Waals surface area contributed by atoms with Crippen molar-refractivity contribution >= 4 is 22.4 Å².